The molecule has 3 aromatic heterocycles. The second-order valence-corrected chi connectivity index (χ2v) is 12.6. The van der Waals surface area contributed by atoms with Gasteiger partial charge in [-0.2, -0.15) is 0 Å². The van der Waals surface area contributed by atoms with Crippen LogP contribution in [-0.2, 0) is 21.1 Å². The highest BCUT2D eigenvalue weighted by Gasteiger charge is 2.25. The van der Waals surface area contributed by atoms with E-state index in [-0.39, 0.29) is 29.2 Å². The van der Waals surface area contributed by atoms with Crippen LogP contribution in [0.3, 0.4) is 0 Å². The first kappa shape index (κ1) is 27.9. The summed E-state index contributed by atoms with van der Waals surface area (Å²) in [4.78, 5) is 29.2. The monoisotopic (exact) mass is 579 g/mol. The van der Waals surface area contributed by atoms with E-state index >= 15 is 0 Å². The molecule has 0 spiro atoms. The van der Waals surface area contributed by atoms with Crippen molar-refractivity contribution in [2.45, 2.75) is 44.4 Å². The van der Waals surface area contributed by atoms with Crippen molar-refractivity contribution in [1.29, 1.82) is 0 Å². The smallest absolute Gasteiger partial charge is 0.251 e. The minimum Gasteiger partial charge on any atom is -0.372 e. The van der Waals surface area contributed by atoms with Crippen LogP contribution in [0.15, 0.2) is 59.6 Å². The average molecular weight is 580 g/mol. The number of anilines is 1. The number of benzene rings is 1. The van der Waals surface area contributed by atoms with Crippen molar-refractivity contribution in [1.82, 2.24) is 20.3 Å². The molecule has 0 saturated carbocycles. The van der Waals surface area contributed by atoms with E-state index in [0.29, 0.717) is 52.1 Å². The van der Waals surface area contributed by atoms with Gasteiger partial charge in [-0.25, -0.2) is 18.4 Å². The van der Waals surface area contributed by atoms with Crippen LogP contribution in [0.5, 0.6) is 0 Å². The average Bonchev–Trinajstić information content (AvgIpc) is 2.90. The predicted molar refractivity (Wildman–Crippen MR) is 155 cm³/mol. The molecule has 0 aliphatic carbocycles. The lowest BCUT2D eigenvalue weighted by molar-refractivity contribution is -0.00544. The van der Waals surface area contributed by atoms with Gasteiger partial charge in [0.1, 0.15) is 5.82 Å². The molecule has 208 valence electrons. The first-order valence-corrected chi connectivity index (χ1v) is 15.2. The van der Waals surface area contributed by atoms with Gasteiger partial charge in [-0.1, -0.05) is 17.7 Å². The van der Waals surface area contributed by atoms with Crippen molar-refractivity contribution < 1.29 is 17.9 Å². The number of hydrogen-bond donors (Lipinski definition) is 1. The third kappa shape index (κ3) is 6.09. The van der Waals surface area contributed by atoms with E-state index in [2.05, 4.69) is 15.2 Å². The predicted octanol–water partition coefficient (Wildman–Crippen LogP) is 4.60. The Morgan fingerprint density at radius 2 is 1.75 bits per heavy atom. The van der Waals surface area contributed by atoms with Gasteiger partial charge in [-0.15, -0.1) is 0 Å². The minimum atomic E-state index is -3.45. The number of carbonyl (C=O) groups excluding carboxylic acids is 1. The second-order valence-electron chi connectivity index (χ2n) is 10.2. The maximum atomic E-state index is 12.8. The molecule has 4 aromatic rings. The second kappa shape index (κ2) is 11.1. The fourth-order valence-corrected chi connectivity index (χ4v) is 6.08. The molecule has 2 atom stereocenters. The van der Waals surface area contributed by atoms with Crippen molar-refractivity contribution in [3.05, 3.63) is 76.6 Å². The number of morpholine rings is 1. The van der Waals surface area contributed by atoms with E-state index in [1.165, 1.54) is 6.07 Å². The summed E-state index contributed by atoms with van der Waals surface area (Å²) in [5.41, 5.74) is 3.56. The van der Waals surface area contributed by atoms with Gasteiger partial charge < -0.3 is 15.0 Å². The van der Waals surface area contributed by atoms with Crippen LogP contribution in [0.1, 0.15) is 35.5 Å². The fraction of sp³-hybridized carbons (Fsp3) is 0.310. The Hall–Kier alpha value is -3.60. The number of rotatable bonds is 6. The maximum absolute atomic E-state index is 12.8. The SMILES string of the molecule is Cc1ccc(C(=O)NCc2cc3nc(-c4ccc(Cl)c(N5C[C@@H](C)O[C@@H](C)C5)n4)ccc3cn2)cc1S(C)(=O)=O. The van der Waals surface area contributed by atoms with Crippen molar-refractivity contribution >= 4 is 44.1 Å². The van der Waals surface area contributed by atoms with E-state index in [0.717, 1.165) is 11.6 Å². The lowest BCUT2D eigenvalue weighted by Crippen LogP contribution is -2.46. The van der Waals surface area contributed by atoms with Crippen molar-refractivity contribution in [2.75, 3.05) is 24.2 Å². The van der Waals surface area contributed by atoms with Gasteiger partial charge in [0.05, 0.1) is 51.3 Å². The van der Waals surface area contributed by atoms with Gasteiger partial charge in [0.2, 0.25) is 0 Å². The molecule has 5 rings (SSSR count). The van der Waals surface area contributed by atoms with Crippen LogP contribution in [0.25, 0.3) is 22.3 Å². The van der Waals surface area contributed by atoms with E-state index in [1.54, 1.807) is 25.3 Å². The largest absolute Gasteiger partial charge is 0.372 e. The zero-order valence-electron chi connectivity index (χ0n) is 22.7. The van der Waals surface area contributed by atoms with Crippen molar-refractivity contribution in [2.24, 2.45) is 0 Å². The number of aromatic nitrogens is 3. The first-order chi connectivity index (χ1) is 19.0. The van der Waals surface area contributed by atoms with Gasteiger partial charge in [-0.3, -0.25) is 9.78 Å². The zero-order valence-corrected chi connectivity index (χ0v) is 24.3. The molecule has 1 amide bonds. The Labute approximate surface area is 238 Å². The summed E-state index contributed by atoms with van der Waals surface area (Å²) in [6, 6.07) is 14.0. The Morgan fingerprint density at radius 3 is 2.48 bits per heavy atom. The number of halogens is 1. The lowest BCUT2D eigenvalue weighted by atomic mass is 10.1. The number of carbonyl (C=O) groups is 1. The lowest BCUT2D eigenvalue weighted by Gasteiger charge is -2.36. The van der Waals surface area contributed by atoms with Gasteiger partial charge in [0, 0.05) is 36.5 Å². The number of hydrogen-bond acceptors (Lipinski definition) is 8. The third-order valence-electron chi connectivity index (χ3n) is 6.72. The summed E-state index contributed by atoms with van der Waals surface area (Å²) < 4.78 is 29.9. The Balaban J connectivity index is 1.36. The first-order valence-electron chi connectivity index (χ1n) is 12.9. The van der Waals surface area contributed by atoms with Crippen LogP contribution < -0.4 is 10.2 Å². The molecule has 1 aromatic carbocycles. The molecule has 1 fully saturated rings. The molecule has 1 saturated heterocycles. The number of amides is 1. The summed E-state index contributed by atoms with van der Waals surface area (Å²) in [6.45, 7) is 7.32. The topological polar surface area (TPSA) is 114 Å². The Bertz CT molecular complexity index is 1700. The third-order valence-corrected chi connectivity index (χ3v) is 8.25. The summed E-state index contributed by atoms with van der Waals surface area (Å²) >= 11 is 6.53. The Morgan fingerprint density at radius 1 is 1.05 bits per heavy atom. The van der Waals surface area contributed by atoms with E-state index in [9.17, 15) is 13.2 Å². The maximum Gasteiger partial charge on any atom is 0.251 e. The van der Waals surface area contributed by atoms with Gasteiger partial charge in [0.15, 0.2) is 9.84 Å². The van der Waals surface area contributed by atoms with Crippen LogP contribution in [-0.4, -0.2) is 60.8 Å². The molecular formula is C29H30ClN5O4S. The highest BCUT2D eigenvalue weighted by atomic mass is 35.5. The standard InChI is InChI=1S/C29H30ClN5O4S/c1-17-5-6-20(11-27(17)40(4,37)38)29(36)32-14-22-12-26-21(13-31-22)7-9-24(33-26)25-10-8-23(30)28(34-25)35-15-18(2)39-19(3)16-35/h5-13,18-19H,14-16H2,1-4H3,(H,32,36)/t18-,19+. The number of nitrogens with one attached hydrogen (secondary N) is 1. The number of fused-ring (bicyclic) bond motifs is 1. The highest BCUT2D eigenvalue weighted by Crippen LogP contribution is 2.30. The van der Waals surface area contributed by atoms with Crippen LogP contribution in [0, 0.1) is 6.92 Å². The molecule has 4 heterocycles. The van der Waals surface area contributed by atoms with Crippen LogP contribution in [0.2, 0.25) is 5.02 Å². The van der Waals surface area contributed by atoms with Crippen molar-refractivity contribution in [3.8, 4) is 11.4 Å². The van der Waals surface area contributed by atoms with Gasteiger partial charge in [0.25, 0.3) is 5.91 Å². The number of aryl methyl sites for hydroxylation is 1. The summed E-state index contributed by atoms with van der Waals surface area (Å²) in [5.74, 6) is 0.314. The molecular weight excluding hydrogens is 550 g/mol. The molecule has 1 aliphatic heterocycles. The van der Waals surface area contributed by atoms with Gasteiger partial charge in [-0.05, 0) is 68.8 Å². The molecule has 11 heteroatoms. The van der Waals surface area contributed by atoms with E-state index in [4.69, 9.17) is 26.3 Å². The minimum absolute atomic E-state index is 0.0724. The summed E-state index contributed by atoms with van der Waals surface area (Å²) in [6.07, 6.45) is 2.98. The normalized spacial score (nSPS) is 17.7. The molecule has 1 N–H and O–H groups in total. The zero-order chi connectivity index (χ0) is 28.6. The van der Waals surface area contributed by atoms with Crippen LogP contribution in [0.4, 0.5) is 5.82 Å². The molecule has 9 nitrogen and oxygen atoms in total. The number of sulfone groups is 1. The Kier molecular flexibility index (Phi) is 7.76. The summed E-state index contributed by atoms with van der Waals surface area (Å²) in [7, 11) is -3.45. The van der Waals surface area contributed by atoms with E-state index in [1.807, 2.05) is 44.2 Å². The molecule has 40 heavy (non-hydrogen) atoms. The fourth-order valence-electron chi connectivity index (χ4n) is 4.86. The summed E-state index contributed by atoms with van der Waals surface area (Å²) in [5, 5.41) is 4.24. The number of nitrogens with zero attached hydrogens (tertiary/aromatic N) is 4. The molecule has 0 unspecified atom stereocenters. The molecule has 0 bridgehead atoms. The van der Waals surface area contributed by atoms with Crippen LogP contribution >= 0.6 is 11.6 Å². The molecule has 1 aliphatic rings. The highest BCUT2D eigenvalue weighted by molar-refractivity contribution is 7.90. The molecule has 0 radical (unpaired) electrons. The number of pyridine rings is 3. The van der Waals surface area contributed by atoms with Crippen molar-refractivity contribution in [3.63, 3.8) is 0 Å². The quantitative estimate of drug-likeness (QED) is 0.352. The van der Waals surface area contributed by atoms with E-state index < -0.39 is 15.7 Å². The number of ether oxygens (including phenoxy) is 1. The van der Waals surface area contributed by atoms with Gasteiger partial charge >= 0.3 is 0 Å².